The van der Waals surface area contributed by atoms with Crippen molar-refractivity contribution in [2.45, 2.75) is 58.2 Å². The molecule has 1 unspecified atom stereocenters. The van der Waals surface area contributed by atoms with E-state index >= 15 is 0 Å². The molecule has 1 atom stereocenters. The Morgan fingerprint density at radius 2 is 1.80 bits per heavy atom. The molecule has 0 spiro atoms. The largest absolute Gasteiger partial charge is 0.376 e. The molecule has 20 heavy (non-hydrogen) atoms. The summed E-state index contributed by atoms with van der Waals surface area (Å²) in [6.07, 6.45) is 0.628. The van der Waals surface area contributed by atoms with E-state index in [4.69, 9.17) is 4.74 Å². The molecule has 1 N–H and O–H groups in total. The lowest BCUT2D eigenvalue weighted by molar-refractivity contribution is -0.0111. The second kappa shape index (κ2) is 6.88. The Morgan fingerprint density at radius 3 is 2.25 bits per heavy atom. The second-order valence-corrected chi connectivity index (χ2v) is 6.39. The molecule has 0 amide bonds. The molecular formula is C17H26N2O. The number of hydrogen-bond acceptors (Lipinski definition) is 3. The van der Waals surface area contributed by atoms with Gasteiger partial charge in [0, 0.05) is 12.5 Å². The Labute approximate surface area is 123 Å². The van der Waals surface area contributed by atoms with Crippen LogP contribution >= 0.6 is 0 Å². The van der Waals surface area contributed by atoms with Crippen LogP contribution in [0.2, 0.25) is 0 Å². The molecule has 0 fully saturated rings. The van der Waals surface area contributed by atoms with Crippen LogP contribution in [0.4, 0.5) is 0 Å². The molecule has 110 valence electrons. The Morgan fingerprint density at radius 1 is 1.20 bits per heavy atom. The normalized spacial score (nSPS) is 14.8. The smallest absolute Gasteiger partial charge is 0.134 e. The Hall–Kier alpha value is -1.37. The fourth-order valence-corrected chi connectivity index (χ4v) is 2.18. The summed E-state index contributed by atoms with van der Waals surface area (Å²) in [5.74, 6) is 0. The Bertz CT molecular complexity index is 442. The third kappa shape index (κ3) is 4.96. The molecule has 0 saturated heterocycles. The lowest BCUT2D eigenvalue weighted by atomic mass is 9.87. The molecular weight excluding hydrogens is 248 g/mol. The van der Waals surface area contributed by atoms with Crippen molar-refractivity contribution in [2.75, 3.05) is 6.61 Å². The van der Waals surface area contributed by atoms with Gasteiger partial charge in [-0.05, 0) is 40.2 Å². The first-order valence-corrected chi connectivity index (χ1v) is 7.17. The molecule has 0 aliphatic carbocycles. The van der Waals surface area contributed by atoms with E-state index in [1.165, 1.54) is 0 Å². The molecule has 1 rings (SSSR count). The summed E-state index contributed by atoms with van der Waals surface area (Å²) in [6, 6.07) is 12.6. The summed E-state index contributed by atoms with van der Waals surface area (Å²) in [5.41, 5.74) is 0.116. The van der Waals surface area contributed by atoms with Gasteiger partial charge in [0.2, 0.25) is 0 Å². The molecule has 0 aliphatic rings. The van der Waals surface area contributed by atoms with Crippen molar-refractivity contribution in [3.8, 4) is 6.07 Å². The van der Waals surface area contributed by atoms with Crippen LogP contribution in [0.15, 0.2) is 30.3 Å². The molecule has 0 heterocycles. The van der Waals surface area contributed by atoms with Crippen LogP contribution in [0.5, 0.6) is 0 Å². The van der Waals surface area contributed by atoms with Crippen molar-refractivity contribution in [1.29, 1.82) is 5.26 Å². The minimum Gasteiger partial charge on any atom is -0.376 e. The van der Waals surface area contributed by atoms with Crippen molar-refractivity contribution in [3.63, 3.8) is 0 Å². The average molecular weight is 274 g/mol. The monoisotopic (exact) mass is 274 g/mol. The highest BCUT2D eigenvalue weighted by atomic mass is 16.5. The van der Waals surface area contributed by atoms with E-state index in [0.717, 1.165) is 5.56 Å². The van der Waals surface area contributed by atoms with Gasteiger partial charge in [-0.3, -0.25) is 5.32 Å². The van der Waals surface area contributed by atoms with Crippen LogP contribution < -0.4 is 5.32 Å². The summed E-state index contributed by atoms with van der Waals surface area (Å²) in [7, 11) is 0. The number of ether oxygens (including phenoxy) is 1. The number of nitriles is 1. The summed E-state index contributed by atoms with van der Waals surface area (Å²) in [5, 5.41) is 13.1. The van der Waals surface area contributed by atoms with Gasteiger partial charge in [0.15, 0.2) is 0 Å². The molecule has 1 aromatic rings. The molecule has 3 heteroatoms. The SMILES string of the molecule is CC(C)NC(C#N)(CCOC(C)(C)C)c1ccccc1. The van der Waals surface area contributed by atoms with Crippen LogP contribution in [0.25, 0.3) is 0 Å². The van der Waals surface area contributed by atoms with Crippen molar-refractivity contribution in [1.82, 2.24) is 5.32 Å². The predicted octanol–water partition coefficient (Wildman–Crippen LogP) is 3.61. The van der Waals surface area contributed by atoms with Gasteiger partial charge >= 0.3 is 0 Å². The van der Waals surface area contributed by atoms with Crippen molar-refractivity contribution < 1.29 is 4.74 Å². The minimum atomic E-state index is -0.694. The van der Waals surface area contributed by atoms with Gasteiger partial charge in [0.1, 0.15) is 5.54 Å². The number of benzene rings is 1. The average Bonchev–Trinajstić information content (AvgIpc) is 2.36. The van der Waals surface area contributed by atoms with E-state index in [9.17, 15) is 5.26 Å². The molecule has 0 saturated carbocycles. The van der Waals surface area contributed by atoms with Crippen LogP contribution in [-0.2, 0) is 10.3 Å². The lowest BCUT2D eigenvalue weighted by Crippen LogP contribution is -2.46. The van der Waals surface area contributed by atoms with Gasteiger partial charge in [-0.1, -0.05) is 30.3 Å². The quantitative estimate of drug-likeness (QED) is 0.862. The standard InChI is InChI=1S/C17H26N2O/c1-14(2)19-17(13-18,11-12-20-16(3,4)5)15-9-7-6-8-10-15/h6-10,14,19H,11-12H2,1-5H3. The second-order valence-electron chi connectivity index (χ2n) is 6.39. The van der Waals surface area contributed by atoms with E-state index in [-0.39, 0.29) is 11.6 Å². The van der Waals surface area contributed by atoms with Crippen molar-refractivity contribution in [2.24, 2.45) is 0 Å². The van der Waals surface area contributed by atoms with Gasteiger partial charge in [0.05, 0.1) is 18.3 Å². The molecule has 0 bridgehead atoms. The summed E-state index contributed by atoms with van der Waals surface area (Å²) < 4.78 is 5.80. The number of hydrogen-bond donors (Lipinski definition) is 1. The maximum atomic E-state index is 9.74. The molecule has 3 nitrogen and oxygen atoms in total. The van der Waals surface area contributed by atoms with Crippen LogP contribution in [-0.4, -0.2) is 18.2 Å². The molecule has 0 aliphatic heterocycles. The maximum absolute atomic E-state index is 9.74. The van der Waals surface area contributed by atoms with Crippen LogP contribution in [0.3, 0.4) is 0 Å². The summed E-state index contributed by atoms with van der Waals surface area (Å²) in [4.78, 5) is 0. The van der Waals surface area contributed by atoms with E-state index in [0.29, 0.717) is 13.0 Å². The van der Waals surface area contributed by atoms with Crippen molar-refractivity contribution in [3.05, 3.63) is 35.9 Å². The third-order valence-corrected chi connectivity index (χ3v) is 3.00. The molecule has 0 radical (unpaired) electrons. The molecule has 1 aromatic carbocycles. The van der Waals surface area contributed by atoms with E-state index < -0.39 is 5.54 Å². The van der Waals surface area contributed by atoms with Gasteiger partial charge < -0.3 is 4.74 Å². The van der Waals surface area contributed by atoms with Crippen LogP contribution in [0.1, 0.15) is 46.6 Å². The van der Waals surface area contributed by atoms with Gasteiger partial charge in [0.25, 0.3) is 0 Å². The first kappa shape index (κ1) is 16.7. The van der Waals surface area contributed by atoms with E-state index in [1.54, 1.807) is 0 Å². The van der Waals surface area contributed by atoms with Gasteiger partial charge in [-0.2, -0.15) is 5.26 Å². The highest BCUT2D eigenvalue weighted by molar-refractivity contribution is 5.31. The number of nitrogens with zero attached hydrogens (tertiary/aromatic N) is 1. The number of rotatable bonds is 6. The fourth-order valence-electron chi connectivity index (χ4n) is 2.18. The molecule has 0 aromatic heterocycles. The maximum Gasteiger partial charge on any atom is 0.134 e. The number of nitrogens with one attached hydrogen (secondary N) is 1. The van der Waals surface area contributed by atoms with Crippen LogP contribution in [0, 0.1) is 11.3 Å². The van der Waals surface area contributed by atoms with Gasteiger partial charge in [-0.25, -0.2) is 0 Å². The van der Waals surface area contributed by atoms with E-state index in [2.05, 4.69) is 25.2 Å². The zero-order chi connectivity index (χ0) is 15.2. The highest BCUT2D eigenvalue weighted by Gasteiger charge is 2.32. The Balaban J connectivity index is 2.93. The zero-order valence-corrected chi connectivity index (χ0v) is 13.2. The van der Waals surface area contributed by atoms with Gasteiger partial charge in [-0.15, -0.1) is 0 Å². The predicted molar refractivity (Wildman–Crippen MR) is 82.3 cm³/mol. The summed E-state index contributed by atoms with van der Waals surface area (Å²) >= 11 is 0. The Kier molecular flexibility index (Phi) is 5.74. The fraction of sp³-hybridized carbons (Fsp3) is 0.588. The van der Waals surface area contributed by atoms with E-state index in [1.807, 2.05) is 51.1 Å². The zero-order valence-electron chi connectivity index (χ0n) is 13.2. The lowest BCUT2D eigenvalue weighted by Gasteiger charge is -2.32. The topological polar surface area (TPSA) is 45.0 Å². The first-order valence-electron chi connectivity index (χ1n) is 7.17. The van der Waals surface area contributed by atoms with Crippen molar-refractivity contribution >= 4 is 0 Å². The first-order chi connectivity index (χ1) is 9.29. The summed E-state index contributed by atoms with van der Waals surface area (Å²) in [6.45, 7) is 10.7. The highest BCUT2D eigenvalue weighted by Crippen LogP contribution is 2.26. The third-order valence-electron chi connectivity index (χ3n) is 3.00. The minimum absolute atomic E-state index is 0.185.